The molecule has 2 rings (SSSR count). The van der Waals surface area contributed by atoms with Crippen LogP contribution >= 0.6 is 0 Å². The van der Waals surface area contributed by atoms with Gasteiger partial charge in [0.1, 0.15) is 5.75 Å². The van der Waals surface area contributed by atoms with Crippen molar-refractivity contribution >= 4 is 0 Å². The second kappa shape index (κ2) is 6.09. The molecular formula is C16H23N3O. The highest BCUT2D eigenvalue weighted by Crippen LogP contribution is 2.26. The molecule has 1 aromatic heterocycles. The minimum absolute atomic E-state index is 0.226. The Bertz CT molecular complexity index is 589. The van der Waals surface area contributed by atoms with E-state index in [1.807, 2.05) is 24.7 Å². The molecule has 4 heteroatoms. The zero-order valence-corrected chi connectivity index (χ0v) is 12.9. The Hall–Kier alpha value is -1.81. The van der Waals surface area contributed by atoms with Crippen molar-refractivity contribution in [3.63, 3.8) is 0 Å². The first-order valence-corrected chi connectivity index (χ1v) is 6.88. The summed E-state index contributed by atoms with van der Waals surface area (Å²) in [7, 11) is 3.66. The van der Waals surface area contributed by atoms with Crippen LogP contribution in [0.5, 0.6) is 5.75 Å². The molecule has 108 valence electrons. The first kappa shape index (κ1) is 14.6. The second-order valence-corrected chi connectivity index (χ2v) is 5.26. The van der Waals surface area contributed by atoms with E-state index in [0.717, 1.165) is 18.0 Å². The average molecular weight is 273 g/mol. The summed E-state index contributed by atoms with van der Waals surface area (Å²) in [5.41, 5.74) is 4.73. The summed E-state index contributed by atoms with van der Waals surface area (Å²) >= 11 is 0. The highest BCUT2D eigenvalue weighted by atomic mass is 16.5. The Kier molecular flexibility index (Phi) is 4.45. The number of hydrogen-bond acceptors (Lipinski definition) is 3. The van der Waals surface area contributed by atoms with Gasteiger partial charge in [0.25, 0.3) is 0 Å². The topological polar surface area (TPSA) is 39.1 Å². The molecular weight excluding hydrogens is 250 g/mol. The molecule has 0 aliphatic rings. The van der Waals surface area contributed by atoms with Crippen molar-refractivity contribution in [3.05, 3.63) is 46.8 Å². The molecule has 0 spiro atoms. The summed E-state index contributed by atoms with van der Waals surface area (Å²) in [4.78, 5) is 0. The molecule has 1 aromatic carbocycles. The lowest BCUT2D eigenvalue weighted by Crippen LogP contribution is -2.19. The van der Waals surface area contributed by atoms with Crippen LogP contribution in [0.4, 0.5) is 0 Å². The monoisotopic (exact) mass is 273 g/mol. The van der Waals surface area contributed by atoms with E-state index in [4.69, 9.17) is 4.74 Å². The van der Waals surface area contributed by atoms with Crippen LogP contribution < -0.4 is 10.1 Å². The minimum Gasteiger partial charge on any atom is -0.496 e. The minimum atomic E-state index is 0.226. The van der Waals surface area contributed by atoms with E-state index in [1.54, 1.807) is 7.11 Å². The van der Waals surface area contributed by atoms with Crippen LogP contribution in [-0.4, -0.2) is 16.9 Å². The van der Waals surface area contributed by atoms with Gasteiger partial charge in [0.05, 0.1) is 12.8 Å². The fourth-order valence-corrected chi connectivity index (χ4v) is 2.39. The highest BCUT2D eigenvalue weighted by Gasteiger charge is 2.12. The van der Waals surface area contributed by atoms with Crippen LogP contribution in [0.2, 0.25) is 0 Å². The fraction of sp³-hybridized carbons (Fsp3) is 0.438. The molecule has 4 nitrogen and oxygen atoms in total. The summed E-state index contributed by atoms with van der Waals surface area (Å²) < 4.78 is 7.30. The first-order chi connectivity index (χ1) is 9.51. The van der Waals surface area contributed by atoms with Crippen molar-refractivity contribution in [2.75, 3.05) is 7.11 Å². The molecule has 0 radical (unpaired) electrons. The van der Waals surface area contributed by atoms with Crippen molar-refractivity contribution in [1.82, 2.24) is 15.1 Å². The molecule has 0 fully saturated rings. The van der Waals surface area contributed by atoms with E-state index in [9.17, 15) is 0 Å². The molecule has 1 unspecified atom stereocenters. The van der Waals surface area contributed by atoms with Crippen LogP contribution in [0.25, 0.3) is 0 Å². The summed E-state index contributed by atoms with van der Waals surface area (Å²) in [5, 5.41) is 7.90. The van der Waals surface area contributed by atoms with Crippen molar-refractivity contribution in [2.45, 2.75) is 33.4 Å². The molecule has 1 heterocycles. The molecule has 0 saturated carbocycles. The second-order valence-electron chi connectivity index (χ2n) is 5.26. The molecule has 0 aliphatic heterocycles. The number of methoxy groups -OCH3 is 1. The van der Waals surface area contributed by atoms with Gasteiger partial charge in [0.15, 0.2) is 0 Å². The van der Waals surface area contributed by atoms with Gasteiger partial charge in [0, 0.05) is 37.0 Å². The number of aromatic nitrogens is 2. The number of nitrogens with one attached hydrogen (secondary N) is 1. The first-order valence-electron chi connectivity index (χ1n) is 6.88. The predicted octanol–water partition coefficient (Wildman–Crippen LogP) is 2.90. The van der Waals surface area contributed by atoms with Gasteiger partial charge in [0.2, 0.25) is 0 Å². The Labute approximate surface area is 120 Å². The molecule has 0 bridgehead atoms. The molecule has 0 saturated heterocycles. The van der Waals surface area contributed by atoms with Gasteiger partial charge in [-0.3, -0.25) is 4.68 Å². The SMILES string of the molecule is COc1ccc(C)cc1C(C)NCc1cn(C)nc1C. The van der Waals surface area contributed by atoms with E-state index < -0.39 is 0 Å². The number of benzene rings is 1. The lowest BCUT2D eigenvalue weighted by atomic mass is 10.0. The number of aryl methyl sites for hydroxylation is 3. The number of ether oxygens (including phenoxy) is 1. The predicted molar refractivity (Wildman–Crippen MR) is 80.9 cm³/mol. The van der Waals surface area contributed by atoms with Crippen molar-refractivity contribution in [2.24, 2.45) is 7.05 Å². The van der Waals surface area contributed by atoms with E-state index >= 15 is 0 Å². The Balaban J connectivity index is 2.10. The number of rotatable bonds is 5. The van der Waals surface area contributed by atoms with Crippen LogP contribution in [0.15, 0.2) is 24.4 Å². The summed E-state index contributed by atoms with van der Waals surface area (Å²) in [6.07, 6.45) is 2.06. The van der Waals surface area contributed by atoms with Crippen molar-refractivity contribution in [1.29, 1.82) is 0 Å². The molecule has 1 N–H and O–H groups in total. The standard InChI is InChI=1S/C16H23N3O/c1-11-6-7-16(20-5)15(8-11)13(3)17-9-14-10-19(4)18-12(14)2/h6-8,10,13,17H,9H2,1-5H3. The van der Waals surface area contributed by atoms with Gasteiger partial charge in [-0.25, -0.2) is 0 Å². The van der Waals surface area contributed by atoms with E-state index in [1.165, 1.54) is 16.7 Å². The zero-order chi connectivity index (χ0) is 14.7. The fourth-order valence-electron chi connectivity index (χ4n) is 2.39. The molecule has 20 heavy (non-hydrogen) atoms. The van der Waals surface area contributed by atoms with E-state index in [-0.39, 0.29) is 6.04 Å². The molecule has 2 aromatic rings. The largest absolute Gasteiger partial charge is 0.496 e. The van der Waals surface area contributed by atoms with Gasteiger partial charge in [-0.2, -0.15) is 5.10 Å². The van der Waals surface area contributed by atoms with Gasteiger partial charge < -0.3 is 10.1 Å². The summed E-state index contributed by atoms with van der Waals surface area (Å²) in [5.74, 6) is 0.929. The lowest BCUT2D eigenvalue weighted by molar-refractivity contribution is 0.401. The van der Waals surface area contributed by atoms with Crippen LogP contribution in [-0.2, 0) is 13.6 Å². The number of hydrogen-bond donors (Lipinski definition) is 1. The maximum Gasteiger partial charge on any atom is 0.123 e. The lowest BCUT2D eigenvalue weighted by Gasteiger charge is -2.18. The Morgan fingerprint density at radius 3 is 2.70 bits per heavy atom. The van der Waals surface area contributed by atoms with E-state index in [0.29, 0.717) is 0 Å². The molecule has 1 atom stereocenters. The highest BCUT2D eigenvalue weighted by molar-refractivity contribution is 5.39. The van der Waals surface area contributed by atoms with Gasteiger partial charge in [-0.15, -0.1) is 0 Å². The third-order valence-electron chi connectivity index (χ3n) is 3.57. The van der Waals surface area contributed by atoms with Gasteiger partial charge in [-0.05, 0) is 26.8 Å². The van der Waals surface area contributed by atoms with Crippen LogP contribution in [0.1, 0.15) is 35.3 Å². The van der Waals surface area contributed by atoms with Crippen LogP contribution in [0.3, 0.4) is 0 Å². The molecule has 0 aliphatic carbocycles. The zero-order valence-electron chi connectivity index (χ0n) is 12.9. The van der Waals surface area contributed by atoms with Gasteiger partial charge in [-0.1, -0.05) is 17.7 Å². The Morgan fingerprint density at radius 1 is 1.35 bits per heavy atom. The van der Waals surface area contributed by atoms with Crippen molar-refractivity contribution < 1.29 is 4.74 Å². The molecule has 0 amide bonds. The van der Waals surface area contributed by atoms with Gasteiger partial charge >= 0.3 is 0 Å². The maximum atomic E-state index is 5.44. The third-order valence-corrected chi connectivity index (χ3v) is 3.57. The van der Waals surface area contributed by atoms with Crippen molar-refractivity contribution in [3.8, 4) is 5.75 Å². The smallest absolute Gasteiger partial charge is 0.123 e. The maximum absolute atomic E-state index is 5.44. The Morgan fingerprint density at radius 2 is 2.10 bits per heavy atom. The average Bonchev–Trinajstić information content (AvgIpc) is 2.74. The third kappa shape index (κ3) is 3.20. The quantitative estimate of drug-likeness (QED) is 0.910. The number of nitrogens with zero attached hydrogens (tertiary/aromatic N) is 2. The summed E-state index contributed by atoms with van der Waals surface area (Å²) in [6, 6.07) is 6.50. The summed E-state index contributed by atoms with van der Waals surface area (Å²) in [6.45, 7) is 7.09. The normalized spacial score (nSPS) is 12.4. The van der Waals surface area contributed by atoms with Crippen LogP contribution in [0, 0.1) is 13.8 Å². The van der Waals surface area contributed by atoms with E-state index in [2.05, 4.69) is 42.6 Å².